The molecule has 1 aromatic heterocycles. The second kappa shape index (κ2) is 9.98. The summed E-state index contributed by atoms with van der Waals surface area (Å²) in [6.07, 6.45) is 1.75. The minimum Gasteiger partial charge on any atom is -0.493 e. The third-order valence-corrected chi connectivity index (χ3v) is 6.42. The molecule has 8 nitrogen and oxygen atoms in total. The number of ether oxygens (including phenoxy) is 3. The monoisotopic (exact) mass is 479 g/mol. The Morgan fingerprint density at radius 3 is 2.26 bits per heavy atom. The third kappa shape index (κ3) is 5.11. The lowest BCUT2D eigenvalue weighted by molar-refractivity contribution is 0.0695. The van der Waals surface area contributed by atoms with Gasteiger partial charge in [-0.25, -0.2) is 0 Å². The maximum atomic E-state index is 13.2. The highest BCUT2D eigenvalue weighted by atomic mass is 16.5. The van der Waals surface area contributed by atoms with Crippen LogP contribution in [0.1, 0.15) is 61.3 Å². The van der Waals surface area contributed by atoms with E-state index in [1.165, 1.54) is 5.56 Å². The highest BCUT2D eigenvalue weighted by molar-refractivity contribution is 5.94. The molecule has 1 aliphatic rings. The van der Waals surface area contributed by atoms with E-state index in [0.29, 0.717) is 53.2 Å². The lowest BCUT2D eigenvalue weighted by Crippen LogP contribution is -2.39. The molecule has 2 aromatic carbocycles. The smallest absolute Gasteiger partial charge is 0.253 e. The zero-order chi connectivity index (χ0) is 25.2. The molecule has 0 unspecified atom stereocenters. The summed E-state index contributed by atoms with van der Waals surface area (Å²) in [7, 11) is 4.68. The first-order chi connectivity index (χ1) is 16.7. The summed E-state index contributed by atoms with van der Waals surface area (Å²) in [5.74, 6) is 2.49. The van der Waals surface area contributed by atoms with Gasteiger partial charge < -0.3 is 23.6 Å². The van der Waals surface area contributed by atoms with Gasteiger partial charge in [-0.3, -0.25) is 4.79 Å². The summed E-state index contributed by atoms with van der Waals surface area (Å²) in [5, 5.41) is 4.19. The minimum absolute atomic E-state index is 0.0233. The molecule has 1 fully saturated rings. The molecule has 35 heavy (non-hydrogen) atoms. The summed E-state index contributed by atoms with van der Waals surface area (Å²) in [4.78, 5) is 19.7. The van der Waals surface area contributed by atoms with Crippen LogP contribution in [0.2, 0.25) is 0 Å². The Bertz CT molecular complexity index is 1160. The van der Waals surface area contributed by atoms with Gasteiger partial charge in [0.2, 0.25) is 17.5 Å². The molecular formula is C27H33N3O5. The first-order valence-electron chi connectivity index (χ1n) is 11.8. The summed E-state index contributed by atoms with van der Waals surface area (Å²) in [5.41, 5.74) is 2.64. The number of benzene rings is 2. The van der Waals surface area contributed by atoms with Gasteiger partial charge in [-0.05, 0) is 48.1 Å². The third-order valence-electron chi connectivity index (χ3n) is 6.42. The Morgan fingerprint density at radius 1 is 1.03 bits per heavy atom. The molecule has 1 saturated heterocycles. The van der Waals surface area contributed by atoms with Crippen LogP contribution in [-0.4, -0.2) is 55.4 Å². The van der Waals surface area contributed by atoms with Crippen molar-refractivity contribution in [3.63, 3.8) is 0 Å². The van der Waals surface area contributed by atoms with E-state index in [1.807, 2.05) is 29.2 Å². The standard InChI is InChI=1S/C27H33N3O5/c1-27(2,3)20-11-9-17(10-12-20)26(31)30-13-7-8-18(16-30)25-28-24(29-35-25)19-14-21(32-4)23(34-6)22(15-19)33-5/h9-12,14-15,18H,7-8,13,16H2,1-6H3/t18-/m1/s1. The number of methoxy groups -OCH3 is 3. The van der Waals surface area contributed by atoms with Crippen molar-refractivity contribution in [2.24, 2.45) is 0 Å². The summed E-state index contributed by atoms with van der Waals surface area (Å²) < 4.78 is 21.9. The molecule has 0 N–H and O–H groups in total. The average molecular weight is 480 g/mol. The number of amides is 1. The van der Waals surface area contributed by atoms with Crippen molar-refractivity contribution in [3.8, 4) is 28.6 Å². The van der Waals surface area contributed by atoms with Gasteiger partial charge in [-0.1, -0.05) is 38.1 Å². The molecule has 3 aromatic rings. The van der Waals surface area contributed by atoms with Crippen LogP contribution < -0.4 is 14.2 Å². The van der Waals surface area contributed by atoms with E-state index in [9.17, 15) is 4.79 Å². The normalized spacial score (nSPS) is 16.2. The van der Waals surface area contributed by atoms with Crippen LogP contribution in [0.3, 0.4) is 0 Å². The Labute approximate surface area is 206 Å². The van der Waals surface area contributed by atoms with Crippen LogP contribution in [0.15, 0.2) is 40.9 Å². The van der Waals surface area contributed by atoms with Crippen LogP contribution in [0.5, 0.6) is 17.2 Å². The second-order valence-electron chi connectivity index (χ2n) is 9.79. The van der Waals surface area contributed by atoms with Gasteiger partial charge in [0.25, 0.3) is 5.91 Å². The number of carbonyl (C=O) groups excluding carboxylic acids is 1. The van der Waals surface area contributed by atoms with Crippen molar-refractivity contribution in [2.75, 3.05) is 34.4 Å². The molecule has 0 saturated carbocycles. The van der Waals surface area contributed by atoms with E-state index in [4.69, 9.17) is 18.7 Å². The van der Waals surface area contributed by atoms with E-state index in [0.717, 1.165) is 12.8 Å². The van der Waals surface area contributed by atoms with Gasteiger partial charge in [0.15, 0.2) is 11.5 Å². The zero-order valence-corrected chi connectivity index (χ0v) is 21.3. The Kier molecular flexibility index (Phi) is 7.00. The first-order valence-corrected chi connectivity index (χ1v) is 11.8. The van der Waals surface area contributed by atoms with Crippen molar-refractivity contribution in [1.29, 1.82) is 0 Å². The topological polar surface area (TPSA) is 86.9 Å². The highest BCUT2D eigenvalue weighted by Gasteiger charge is 2.30. The van der Waals surface area contributed by atoms with E-state index in [-0.39, 0.29) is 17.2 Å². The average Bonchev–Trinajstić information content (AvgIpc) is 3.37. The van der Waals surface area contributed by atoms with E-state index < -0.39 is 0 Å². The fraction of sp³-hybridized carbons (Fsp3) is 0.444. The zero-order valence-electron chi connectivity index (χ0n) is 21.3. The van der Waals surface area contributed by atoms with Crippen LogP contribution >= 0.6 is 0 Å². The Hall–Kier alpha value is -3.55. The number of rotatable bonds is 6. The lowest BCUT2D eigenvalue weighted by Gasteiger charge is -2.31. The molecular weight excluding hydrogens is 446 g/mol. The fourth-order valence-electron chi connectivity index (χ4n) is 4.39. The van der Waals surface area contributed by atoms with Gasteiger partial charge in [0.1, 0.15) is 0 Å². The molecule has 0 bridgehead atoms. The molecule has 0 spiro atoms. The minimum atomic E-state index is -0.0233. The molecule has 0 aliphatic carbocycles. The van der Waals surface area contributed by atoms with Gasteiger partial charge in [0.05, 0.1) is 27.2 Å². The van der Waals surface area contributed by atoms with Crippen molar-refractivity contribution < 1.29 is 23.5 Å². The van der Waals surface area contributed by atoms with Gasteiger partial charge >= 0.3 is 0 Å². The number of carbonyl (C=O) groups is 1. The molecule has 1 amide bonds. The Morgan fingerprint density at radius 2 is 1.69 bits per heavy atom. The SMILES string of the molecule is COc1cc(-c2noc([C@@H]3CCCN(C(=O)c4ccc(C(C)(C)C)cc4)C3)n2)cc(OC)c1OC. The summed E-state index contributed by atoms with van der Waals surface area (Å²) in [6, 6.07) is 11.5. The lowest BCUT2D eigenvalue weighted by atomic mass is 9.86. The molecule has 4 rings (SSSR count). The second-order valence-corrected chi connectivity index (χ2v) is 9.79. The van der Waals surface area contributed by atoms with Crippen LogP contribution in [0.25, 0.3) is 11.4 Å². The van der Waals surface area contributed by atoms with Crippen LogP contribution in [0, 0.1) is 0 Å². The maximum absolute atomic E-state index is 13.2. The molecule has 1 aliphatic heterocycles. The molecule has 2 heterocycles. The van der Waals surface area contributed by atoms with Crippen molar-refractivity contribution in [1.82, 2.24) is 15.0 Å². The predicted octanol–water partition coefficient (Wildman–Crippen LogP) is 5.08. The molecule has 8 heteroatoms. The maximum Gasteiger partial charge on any atom is 0.253 e. The van der Waals surface area contributed by atoms with E-state index in [2.05, 4.69) is 30.9 Å². The molecule has 0 radical (unpaired) electrons. The first kappa shape index (κ1) is 24.6. The number of piperidine rings is 1. The number of nitrogens with zero attached hydrogens (tertiary/aromatic N) is 3. The van der Waals surface area contributed by atoms with Crippen molar-refractivity contribution in [3.05, 3.63) is 53.4 Å². The number of likely N-dealkylation sites (tertiary alicyclic amines) is 1. The van der Waals surface area contributed by atoms with Gasteiger partial charge in [-0.15, -0.1) is 0 Å². The van der Waals surface area contributed by atoms with E-state index >= 15 is 0 Å². The summed E-state index contributed by atoms with van der Waals surface area (Å²) in [6.45, 7) is 7.74. The van der Waals surface area contributed by atoms with Gasteiger partial charge in [-0.2, -0.15) is 4.98 Å². The predicted molar refractivity (Wildman–Crippen MR) is 132 cm³/mol. The largest absolute Gasteiger partial charge is 0.493 e. The molecule has 186 valence electrons. The van der Waals surface area contributed by atoms with Crippen LogP contribution in [0.4, 0.5) is 0 Å². The number of aromatic nitrogens is 2. The van der Waals surface area contributed by atoms with E-state index in [1.54, 1.807) is 33.5 Å². The quantitative estimate of drug-likeness (QED) is 0.487. The Balaban J connectivity index is 1.52. The fourth-order valence-corrected chi connectivity index (χ4v) is 4.39. The number of hydrogen-bond acceptors (Lipinski definition) is 7. The molecule has 1 atom stereocenters. The highest BCUT2D eigenvalue weighted by Crippen LogP contribution is 2.41. The van der Waals surface area contributed by atoms with Gasteiger partial charge in [0, 0.05) is 24.2 Å². The number of hydrogen-bond donors (Lipinski definition) is 0. The van der Waals surface area contributed by atoms with Crippen LogP contribution in [-0.2, 0) is 5.41 Å². The summed E-state index contributed by atoms with van der Waals surface area (Å²) >= 11 is 0. The van der Waals surface area contributed by atoms with Crippen molar-refractivity contribution >= 4 is 5.91 Å². The van der Waals surface area contributed by atoms with Crippen molar-refractivity contribution in [2.45, 2.75) is 44.9 Å².